The Morgan fingerprint density at radius 1 is 1.20 bits per heavy atom. The minimum absolute atomic E-state index is 0.00240. The predicted octanol–water partition coefficient (Wildman–Crippen LogP) is 4.00. The second-order valence-electron chi connectivity index (χ2n) is 8.53. The van der Waals surface area contributed by atoms with Gasteiger partial charge >= 0.3 is 0 Å². The summed E-state index contributed by atoms with van der Waals surface area (Å²) < 4.78 is 46.0. The quantitative estimate of drug-likeness (QED) is 0.336. The summed E-state index contributed by atoms with van der Waals surface area (Å²) in [6.07, 6.45) is 3.31. The van der Waals surface area contributed by atoms with Gasteiger partial charge in [0.05, 0.1) is 38.5 Å². The van der Waals surface area contributed by atoms with Gasteiger partial charge in [-0.05, 0) is 18.9 Å². The van der Waals surface area contributed by atoms with Crippen molar-refractivity contribution in [3.05, 3.63) is 58.3 Å². The lowest BCUT2D eigenvalue weighted by Crippen LogP contribution is -2.38. The van der Waals surface area contributed by atoms with Crippen LogP contribution in [-0.4, -0.2) is 36.9 Å². The summed E-state index contributed by atoms with van der Waals surface area (Å²) in [6, 6.07) is 1.25. The van der Waals surface area contributed by atoms with Crippen LogP contribution in [0.25, 0.3) is 21.3 Å². The number of thiazole rings is 1. The normalized spacial score (nSPS) is 15.2. The Balaban J connectivity index is 1.50. The molecule has 1 fully saturated rings. The van der Waals surface area contributed by atoms with Gasteiger partial charge in [-0.15, -0.1) is 11.3 Å². The van der Waals surface area contributed by atoms with Gasteiger partial charge in [-0.25, -0.2) is 28.1 Å². The van der Waals surface area contributed by atoms with E-state index in [1.54, 1.807) is 4.57 Å². The number of benzene rings is 1. The molecule has 4 aromatic rings. The van der Waals surface area contributed by atoms with Crippen LogP contribution in [0.15, 0.2) is 24.8 Å². The highest BCUT2D eigenvalue weighted by Crippen LogP contribution is 2.44. The van der Waals surface area contributed by atoms with Crippen molar-refractivity contribution < 1.29 is 18.0 Å². The Morgan fingerprint density at radius 2 is 1.97 bits per heavy atom. The number of hydrogen-bond acceptors (Lipinski definition) is 6. The van der Waals surface area contributed by atoms with Crippen molar-refractivity contribution in [3.8, 4) is 11.8 Å². The zero-order valence-corrected chi connectivity index (χ0v) is 19.1. The Morgan fingerprint density at radius 3 is 2.71 bits per heavy atom. The Hall–Kier alpha value is -3.91. The molecule has 2 aliphatic rings. The fourth-order valence-corrected chi connectivity index (χ4v) is 5.52. The zero-order chi connectivity index (χ0) is 24.4. The van der Waals surface area contributed by atoms with E-state index in [0.717, 1.165) is 17.8 Å². The number of nitrogen functional groups attached to an aromatic ring is 1. The molecular formula is C24H17F3N6OS. The number of carbonyl (C=O) groups excluding carboxylic acids is 1. The molecule has 0 spiro atoms. The molecule has 1 aromatic carbocycles. The predicted molar refractivity (Wildman–Crippen MR) is 125 cm³/mol. The van der Waals surface area contributed by atoms with Crippen LogP contribution >= 0.6 is 11.3 Å². The van der Waals surface area contributed by atoms with E-state index < -0.39 is 28.9 Å². The highest BCUT2D eigenvalue weighted by atomic mass is 32.1. The van der Waals surface area contributed by atoms with Crippen LogP contribution in [0.5, 0.6) is 0 Å². The summed E-state index contributed by atoms with van der Waals surface area (Å²) in [7, 11) is 0. The molecule has 4 heterocycles. The van der Waals surface area contributed by atoms with Crippen LogP contribution in [-0.2, 0) is 17.9 Å². The zero-order valence-electron chi connectivity index (χ0n) is 18.2. The number of nitrogens with zero attached hydrogens (tertiary/aromatic N) is 5. The molecule has 0 radical (unpaired) electrons. The van der Waals surface area contributed by atoms with Crippen molar-refractivity contribution >= 4 is 44.3 Å². The second-order valence-corrected chi connectivity index (χ2v) is 9.60. The van der Waals surface area contributed by atoms with Gasteiger partial charge in [-0.3, -0.25) is 4.79 Å². The number of aromatic nitrogens is 4. The second kappa shape index (κ2) is 7.81. The van der Waals surface area contributed by atoms with E-state index in [1.165, 1.54) is 28.6 Å². The summed E-state index contributed by atoms with van der Waals surface area (Å²) in [4.78, 5) is 26.2. The van der Waals surface area contributed by atoms with Crippen LogP contribution in [0.3, 0.4) is 0 Å². The molecule has 6 rings (SSSR count). The van der Waals surface area contributed by atoms with Crippen molar-refractivity contribution in [2.45, 2.75) is 31.8 Å². The Kier molecular flexibility index (Phi) is 4.82. The van der Waals surface area contributed by atoms with Gasteiger partial charge in [0.15, 0.2) is 11.6 Å². The summed E-state index contributed by atoms with van der Waals surface area (Å²) in [6.45, 7) is 3.61. The van der Waals surface area contributed by atoms with E-state index in [2.05, 4.69) is 33.4 Å². The lowest BCUT2D eigenvalue weighted by atomic mass is 10.1. The van der Waals surface area contributed by atoms with E-state index in [0.29, 0.717) is 39.5 Å². The van der Waals surface area contributed by atoms with Crippen molar-refractivity contribution in [2.24, 2.45) is 0 Å². The highest BCUT2D eigenvalue weighted by molar-refractivity contribution is 7.18. The van der Waals surface area contributed by atoms with E-state index in [-0.39, 0.29) is 24.4 Å². The van der Waals surface area contributed by atoms with E-state index in [9.17, 15) is 13.6 Å². The number of nitrogens with two attached hydrogens (primary N) is 1. The average Bonchev–Trinajstić information content (AvgIpc) is 3.52. The van der Waals surface area contributed by atoms with E-state index in [4.69, 9.17) is 5.73 Å². The highest BCUT2D eigenvalue weighted by Gasteiger charge is 2.30. The van der Waals surface area contributed by atoms with Crippen molar-refractivity contribution in [3.63, 3.8) is 0 Å². The van der Waals surface area contributed by atoms with Gasteiger partial charge in [0, 0.05) is 19.0 Å². The molecule has 1 aliphatic carbocycles. The summed E-state index contributed by atoms with van der Waals surface area (Å²) in [5.74, 6) is 2.39. The lowest BCUT2D eigenvalue weighted by Gasteiger charge is -2.28. The largest absolute Gasteiger partial charge is 0.383 e. The molecule has 1 amide bonds. The first kappa shape index (κ1) is 21.6. The molecular weight excluding hydrogens is 477 g/mol. The molecule has 1 aliphatic heterocycles. The molecule has 2 N–H and O–H groups in total. The first-order chi connectivity index (χ1) is 16.8. The topological polar surface area (TPSA) is 89.9 Å². The average molecular weight is 495 g/mol. The van der Waals surface area contributed by atoms with Gasteiger partial charge in [-0.2, -0.15) is 0 Å². The third-order valence-corrected chi connectivity index (χ3v) is 7.43. The van der Waals surface area contributed by atoms with Crippen LogP contribution in [0.4, 0.5) is 19.0 Å². The maximum atomic E-state index is 15.3. The van der Waals surface area contributed by atoms with Crippen molar-refractivity contribution in [1.82, 2.24) is 24.4 Å². The van der Waals surface area contributed by atoms with Gasteiger partial charge < -0.3 is 15.2 Å². The standard InChI is InChI=1S/C24H17F3N6OS/c1-11(25)24(34)32-6-7-33-16(9-32)14(18-21(28)29-10-30-22(18)33)5-4-13-15(26)8-17-20(19(13)27)31-23(35-17)12-2-3-12/h8,10,12H,1-3,6-7,9H2,(H2,28,29,30). The number of amides is 1. The maximum absolute atomic E-state index is 15.3. The monoisotopic (exact) mass is 494 g/mol. The minimum atomic E-state index is -1.08. The molecule has 3 aromatic heterocycles. The number of carbonyl (C=O) groups is 1. The van der Waals surface area contributed by atoms with Crippen molar-refractivity contribution in [1.29, 1.82) is 0 Å². The third-order valence-electron chi connectivity index (χ3n) is 6.26. The molecule has 0 atom stereocenters. The molecule has 7 nitrogen and oxygen atoms in total. The number of anilines is 1. The fourth-order valence-electron chi connectivity index (χ4n) is 4.37. The SMILES string of the molecule is C=C(F)C(=O)N1CCn2c(c(C#Cc3c(F)cc4sc(C5CC5)nc4c3F)c3c(N)ncnc32)C1. The third kappa shape index (κ3) is 3.44. The van der Waals surface area contributed by atoms with Crippen LogP contribution < -0.4 is 5.73 Å². The van der Waals surface area contributed by atoms with E-state index >= 15 is 4.39 Å². The molecule has 11 heteroatoms. The molecule has 1 saturated carbocycles. The Bertz CT molecular complexity index is 1640. The first-order valence-corrected chi connectivity index (χ1v) is 11.7. The minimum Gasteiger partial charge on any atom is -0.383 e. The summed E-state index contributed by atoms with van der Waals surface area (Å²) in [5.41, 5.74) is 7.13. The molecule has 35 heavy (non-hydrogen) atoms. The van der Waals surface area contributed by atoms with Gasteiger partial charge in [0.1, 0.15) is 29.1 Å². The van der Waals surface area contributed by atoms with Gasteiger partial charge in [-0.1, -0.05) is 18.4 Å². The number of fused-ring (bicyclic) bond motifs is 4. The fraction of sp³-hybridized carbons (Fsp3) is 0.250. The smallest absolute Gasteiger partial charge is 0.282 e. The van der Waals surface area contributed by atoms with Crippen LogP contribution in [0.2, 0.25) is 0 Å². The van der Waals surface area contributed by atoms with Gasteiger partial charge in [0.25, 0.3) is 5.91 Å². The van der Waals surface area contributed by atoms with Crippen LogP contribution in [0.1, 0.15) is 40.6 Å². The van der Waals surface area contributed by atoms with Crippen LogP contribution in [0, 0.1) is 23.5 Å². The molecule has 0 unspecified atom stereocenters. The Labute approximate surface area is 201 Å². The van der Waals surface area contributed by atoms with E-state index in [1.807, 2.05) is 0 Å². The molecule has 0 bridgehead atoms. The van der Waals surface area contributed by atoms with Gasteiger partial charge in [0.2, 0.25) is 0 Å². The lowest BCUT2D eigenvalue weighted by molar-refractivity contribution is -0.130. The number of hydrogen-bond donors (Lipinski definition) is 1. The molecule has 176 valence electrons. The summed E-state index contributed by atoms with van der Waals surface area (Å²) >= 11 is 1.30. The number of halogens is 3. The molecule has 0 saturated heterocycles. The maximum Gasteiger partial charge on any atom is 0.282 e. The summed E-state index contributed by atoms with van der Waals surface area (Å²) in [5, 5.41) is 1.22. The van der Waals surface area contributed by atoms with Crippen molar-refractivity contribution in [2.75, 3.05) is 12.3 Å². The first-order valence-electron chi connectivity index (χ1n) is 10.9. The number of rotatable bonds is 2.